The van der Waals surface area contributed by atoms with Gasteiger partial charge in [0.15, 0.2) is 9.84 Å². The molecule has 1 aromatic rings. The number of halogens is 2. The van der Waals surface area contributed by atoms with Crippen molar-refractivity contribution in [2.45, 2.75) is 30.9 Å². The van der Waals surface area contributed by atoms with Crippen LogP contribution in [0.3, 0.4) is 0 Å². The van der Waals surface area contributed by atoms with E-state index in [1.807, 2.05) is 13.8 Å². The summed E-state index contributed by atoms with van der Waals surface area (Å²) in [6.45, 7) is 3.95. The highest BCUT2D eigenvalue weighted by atomic mass is 35.5. The first-order valence-corrected chi connectivity index (χ1v) is 7.84. The van der Waals surface area contributed by atoms with Gasteiger partial charge in [-0.3, -0.25) is 0 Å². The normalized spacial score (nSPS) is 13.8. The molecule has 0 saturated carbocycles. The van der Waals surface area contributed by atoms with Crippen molar-refractivity contribution in [2.24, 2.45) is 0 Å². The maximum absolute atomic E-state index is 13.0. The molecule has 0 fully saturated rings. The molecular weight excluding hydrogens is 293 g/mol. The van der Waals surface area contributed by atoms with E-state index >= 15 is 0 Å². The van der Waals surface area contributed by atoms with Gasteiger partial charge in [0.2, 0.25) is 0 Å². The van der Waals surface area contributed by atoms with Crippen LogP contribution in [0.15, 0.2) is 23.1 Å². The van der Waals surface area contributed by atoms with E-state index in [4.69, 9.17) is 11.6 Å². The van der Waals surface area contributed by atoms with Gasteiger partial charge in [-0.25, -0.2) is 12.8 Å². The fourth-order valence-electron chi connectivity index (χ4n) is 1.45. The predicted octanol–water partition coefficient (Wildman–Crippen LogP) is 1.61. The van der Waals surface area contributed by atoms with E-state index in [1.165, 1.54) is 0 Å². The number of aliphatic hydroxyl groups is 1. The van der Waals surface area contributed by atoms with Crippen molar-refractivity contribution < 1.29 is 17.9 Å². The van der Waals surface area contributed by atoms with E-state index < -0.39 is 27.5 Å². The van der Waals surface area contributed by atoms with Crippen molar-refractivity contribution >= 4 is 21.4 Å². The molecular formula is C12H17ClFNO3S. The maximum atomic E-state index is 13.0. The number of sulfone groups is 1. The lowest BCUT2D eigenvalue weighted by molar-refractivity contribution is 0.190. The first-order chi connectivity index (χ1) is 8.72. The van der Waals surface area contributed by atoms with Crippen molar-refractivity contribution in [3.05, 3.63) is 29.0 Å². The summed E-state index contributed by atoms with van der Waals surface area (Å²) in [5.74, 6) is -1.11. The van der Waals surface area contributed by atoms with E-state index in [0.717, 1.165) is 18.2 Å². The van der Waals surface area contributed by atoms with Gasteiger partial charge in [0.05, 0.1) is 21.8 Å². The molecule has 108 valence electrons. The number of rotatable bonds is 6. The van der Waals surface area contributed by atoms with Gasteiger partial charge in [-0.05, 0) is 18.2 Å². The molecule has 0 bridgehead atoms. The first kappa shape index (κ1) is 16.4. The zero-order valence-electron chi connectivity index (χ0n) is 10.7. The highest BCUT2D eigenvalue weighted by molar-refractivity contribution is 7.91. The molecule has 7 heteroatoms. The number of benzene rings is 1. The molecule has 0 aliphatic rings. The van der Waals surface area contributed by atoms with Gasteiger partial charge in [0, 0.05) is 12.6 Å². The second-order valence-electron chi connectivity index (χ2n) is 4.57. The molecule has 0 amide bonds. The molecule has 0 spiro atoms. The Morgan fingerprint density at radius 1 is 1.42 bits per heavy atom. The lowest BCUT2D eigenvalue weighted by atomic mass is 10.3. The van der Waals surface area contributed by atoms with Crippen LogP contribution in [0, 0.1) is 5.82 Å². The molecule has 1 unspecified atom stereocenters. The van der Waals surface area contributed by atoms with Crippen molar-refractivity contribution in [2.75, 3.05) is 12.3 Å². The van der Waals surface area contributed by atoms with Gasteiger partial charge < -0.3 is 10.4 Å². The van der Waals surface area contributed by atoms with Crippen LogP contribution in [0.4, 0.5) is 4.39 Å². The Labute approximate surface area is 117 Å². The summed E-state index contributed by atoms with van der Waals surface area (Å²) in [5.41, 5.74) is 0. The average molecular weight is 310 g/mol. The molecule has 0 heterocycles. The van der Waals surface area contributed by atoms with E-state index in [-0.39, 0.29) is 22.5 Å². The molecule has 0 aliphatic heterocycles. The van der Waals surface area contributed by atoms with Crippen molar-refractivity contribution in [1.29, 1.82) is 0 Å². The van der Waals surface area contributed by atoms with Crippen molar-refractivity contribution in [1.82, 2.24) is 5.32 Å². The highest BCUT2D eigenvalue weighted by Crippen LogP contribution is 2.20. The summed E-state index contributed by atoms with van der Waals surface area (Å²) < 4.78 is 36.9. The number of nitrogens with one attached hydrogen (secondary N) is 1. The molecule has 1 rings (SSSR count). The van der Waals surface area contributed by atoms with E-state index in [2.05, 4.69) is 5.32 Å². The summed E-state index contributed by atoms with van der Waals surface area (Å²) in [7, 11) is -3.69. The molecule has 1 atom stereocenters. The van der Waals surface area contributed by atoms with Gasteiger partial charge in [0.1, 0.15) is 5.82 Å². The average Bonchev–Trinajstić information content (AvgIpc) is 2.29. The maximum Gasteiger partial charge on any atom is 0.181 e. The molecule has 4 nitrogen and oxygen atoms in total. The van der Waals surface area contributed by atoms with Gasteiger partial charge in [-0.2, -0.15) is 0 Å². The highest BCUT2D eigenvalue weighted by Gasteiger charge is 2.20. The summed E-state index contributed by atoms with van der Waals surface area (Å²) in [6.07, 6.45) is -1.03. The van der Waals surface area contributed by atoms with Gasteiger partial charge in [0.25, 0.3) is 0 Å². The first-order valence-electron chi connectivity index (χ1n) is 5.81. The topological polar surface area (TPSA) is 66.4 Å². The SMILES string of the molecule is CC(C)NCC(O)CS(=O)(=O)c1ccc(F)c(Cl)c1. The fourth-order valence-corrected chi connectivity index (χ4v) is 3.09. The summed E-state index contributed by atoms with van der Waals surface area (Å²) in [6, 6.07) is 3.33. The van der Waals surface area contributed by atoms with Crippen LogP contribution in [-0.4, -0.2) is 38.0 Å². The lowest BCUT2D eigenvalue weighted by Crippen LogP contribution is -2.35. The standard InChI is InChI=1S/C12H17ClFNO3S/c1-8(2)15-6-9(16)7-19(17,18)10-3-4-12(14)11(13)5-10/h3-5,8-9,15-16H,6-7H2,1-2H3. The quantitative estimate of drug-likeness (QED) is 0.784. The van der Waals surface area contributed by atoms with E-state index in [0.29, 0.717) is 0 Å². The van der Waals surface area contributed by atoms with Crippen LogP contribution in [0.25, 0.3) is 0 Å². The van der Waals surface area contributed by atoms with Gasteiger partial charge in [-0.15, -0.1) is 0 Å². The Kier molecular flexibility index (Phi) is 5.73. The number of hydrogen-bond donors (Lipinski definition) is 2. The molecule has 1 aromatic carbocycles. The van der Waals surface area contributed by atoms with E-state index in [1.54, 1.807) is 0 Å². The Balaban J connectivity index is 2.77. The Bertz CT molecular complexity index is 534. The monoisotopic (exact) mass is 309 g/mol. The van der Waals surface area contributed by atoms with Crippen LogP contribution in [0.5, 0.6) is 0 Å². The third-order valence-corrected chi connectivity index (χ3v) is 4.51. The second kappa shape index (κ2) is 6.65. The van der Waals surface area contributed by atoms with Crippen LogP contribution in [-0.2, 0) is 9.84 Å². The molecule has 2 N–H and O–H groups in total. The summed E-state index contributed by atoms with van der Waals surface area (Å²) in [5, 5.41) is 12.4. The summed E-state index contributed by atoms with van der Waals surface area (Å²) >= 11 is 5.54. The van der Waals surface area contributed by atoms with Crippen LogP contribution >= 0.6 is 11.6 Å². The Morgan fingerprint density at radius 2 is 2.05 bits per heavy atom. The van der Waals surface area contributed by atoms with Crippen LogP contribution in [0.1, 0.15) is 13.8 Å². The van der Waals surface area contributed by atoms with Gasteiger partial charge in [-0.1, -0.05) is 25.4 Å². The zero-order valence-corrected chi connectivity index (χ0v) is 12.3. The van der Waals surface area contributed by atoms with Gasteiger partial charge >= 0.3 is 0 Å². The number of aliphatic hydroxyl groups excluding tert-OH is 1. The smallest absolute Gasteiger partial charge is 0.181 e. The zero-order chi connectivity index (χ0) is 14.6. The molecule has 0 saturated heterocycles. The van der Waals surface area contributed by atoms with Crippen molar-refractivity contribution in [3.8, 4) is 0 Å². The predicted molar refractivity (Wildman–Crippen MR) is 72.6 cm³/mol. The van der Waals surface area contributed by atoms with Crippen molar-refractivity contribution in [3.63, 3.8) is 0 Å². The third kappa shape index (κ3) is 5.06. The largest absolute Gasteiger partial charge is 0.391 e. The van der Waals surface area contributed by atoms with Crippen LogP contribution < -0.4 is 5.32 Å². The molecule has 0 radical (unpaired) electrons. The third-order valence-electron chi connectivity index (χ3n) is 2.42. The molecule has 0 aliphatic carbocycles. The lowest BCUT2D eigenvalue weighted by Gasteiger charge is -2.14. The van der Waals surface area contributed by atoms with Crippen LogP contribution in [0.2, 0.25) is 5.02 Å². The minimum absolute atomic E-state index is 0.0949. The fraction of sp³-hybridized carbons (Fsp3) is 0.500. The summed E-state index contributed by atoms with van der Waals surface area (Å²) in [4.78, 5) is -0.0949. The molecule has 0 aromatic heterocycles. The Hall–Kier alpha value is -0.690. The number of hydrogen-bond acceptors (Lipinski definition) is 4. The second-order valence-corrected chi connectivity index (χ2v) is 7.02. The molecule has 19 heavy (non-hydrogen) atoms. The minimum atomic E-state index is -3.69. The minimum Gasteiger partial charge on any atom is -0.391 e. The van der Waals surface area contributed by atoms with E-state index in [9.17, 15) is 17.9 Å². The Morgan fingerprint density at radius 3 is 2.58 bits per heavy atom.